The Labute approximate surface area is 165 Å². The van der Waals surface area contributed by atoms with Crippen molar-refractivity contribution < 1.29 is 14.2 Å². The number of methoxy groups -OCH3 is 1. The molecular weight excluding hydrogens is 350 g/mol. The number of hydrogen-bond acceptors (Lipinski definition) is 4. The molecule has 3 rings (SSSR count). The zero-order valence-electron chi connectivity index (χ0n) is 16.3. The van der Waals surface area contributed by atoms with Crippen molar-refractivity contribution >= 4 is 11.6 Å². The highest BCUT2D eigenvalue weighted by molar-refractivity contribution is 5.96. The highest BCUT2D eigenvalue weighted by atomic mass is 16.5. The number of aliphatic imine (C=N–C) groups is 1. The van der Waals surface area contributed by atoms with Crippen LogP contribution in [0.15, 0.2) is 95.7 Å². The summed E-state index contributed by atoms with van der Waals surface area (Å²) in [4.78, 5) is 4.65. The first-order valence-electron chi connectivity index (χ1n) is 9.00. The predicted molar refractivity (Wildman–Crippen MR) is 113 cm³/mol. The normalized spacial score (nSPS) is 11.8. The van der Waals surface area contributed by atoms with Gasteiger partial charge in [-0.15, -0.1) is 0 Å². The van der Waals surface area contributed by atoms with Crippen LogP contribution < -0.4 is 14.2 Å². The highest BCUT2D eigenvalue weighted by Gasteiger charge is 2.08. The van der Waals surface area contributed by atoms with Gasteiger partial charge in [0.1, 0.15) is 17.2 Å². The van der Waals surface area contributed by atoms with Gasteiger partial charge >= 0.3 is 0 Å². The van der Waals surface area contributed by atoms with E-state index in [1.165, 1.54) is 0 Å². The van der Waals surface area contributed by atoms with Crippen molar-refractivity contribution in [1.82, 2.24) is 0 Å². The summed E-state index contributed by atoms with van der Waals surface area (Å²) in [5.74, 6) is 2.71. The van der Waals surface area contributed by atoms with Crippen molar-refractivity contribution in [1.29, 1.82) is 0 Å². The molecule has 0 aromatic heterocycles. The molecular formula is C24H23NO3. The molecule has 0 N–H and O–H groups in total. The highest BCUT2D eigenvalue weighted by Crippen LogP contribution is 2.21. The maximum atomic E-state index is 6.02. The zero-order valence-corrected chi connectivity index (χ0v) is 16.3. The lowest BCUT2D eigenvalue weighted by atomic mass is 10.2. The summed E-state index contributed by atoms with van der Waals surface area (Å²) in [5, 5.41) is 0. The van der Waals surface area contributed by atoms with E-state index in [4.69, 9.17) is 14.2 Å². The van der Waals surface area contributed by atoms with Crippen molar-refractivity contribution in [3.05, 3.63) is 96.3 Å². The number of rotatable bonds is 6. The summed E-state index contributed by atoms with van der Waals surface area (Å²) in [6.45, 7) is 3.93. The van der Waals surface area contributed by atoms with Gasteiger partial charge in [-0.1, -0.05) is 30.3 Å². The molecule has 0 radical (unpaired) electrons. The number of nitrogens with zero attached hydrogens (tertiary/aromatic N) is 1. The van der Waals surface area contributed by atoms with Gasteiger partial charge in [-0.3, -0.25) is 0 Å². The minimum absolute atomic E-state index is 0.462. The average molecular weight is 373 g/mol. The van der Waals surface area contributed by atoms with E-state index in [0.29, 0.717) is 11.6 Å². The van der Waals surface area contributed by atoms with E-state index < -0.39 is 0 Å². The second kappa shape index (κ2) is 9.42. The van der Waals surface area contributed by atoms with E-state index in [0.717, 1.165) is 28.3 Å². The van der Waals surface area contributed by atoms with E-state index in [2.05, 4.69) is 4.99 Å². The van der Waals surface area contributed by atoms with Crippen LogP contribution in [-0.2, 0) is 0 Å². The lowest BCUT2D eigenvalue weighted by Gasteiger charge is -2.10. The molecule has 0 aliphatic heterocycles. The van der Waals surface area contributed by atoms with Gasteiger partial charge in [-0.05, 0) is 67.9 Å². The van der Waals surface area contributed by atoms with Gasteiger partial charge in [0.25, 0.3) is 0 Å². The van der Waals surface area contributed by atoms with E-state index >= 15 is 0 Å². The molecule has 0 amide bonds. The lowest BCUT2D eigenvalue weighted by Crippen LogP contribution is -2.10. The van der Waals surface area contributed by atoms with Crippen molar-refractivity contribution in [3.8, 4) is 17.2 Å². The topological polar surface area (TPSA) is 40.0 Å². The molecule has 142 valence electrons. The smallest absolute Gasteiger partial charge is 0.225 e. The molecule has 0 aliphatic carbocycles. The largest absolute Gasteiger partial charge is 0.497 e. The maximum absolute atomic E-state index is 6.02. The van der Waals surface area contributed by atoms with Crippen LogP contribution in [0.1, 0.15) is 12.5 Å². The van der Waals surface area contributed by atoms with Crippen molar-refractivity contribution in [2.24, 2.45) is 4.99 Å². The Morgan fingerprint density at radius 1 is 0.821 bits per heavy atom. The summed E-state index contributed by atoms with van der Waals surface area (Å²) in [6.07, 6.45) is 1.65. The Bertz CT molecular complexity index is 961. The fourth-order valence-corrected chi connectivity index (χ4v) is 2.46. The number of para-hydroxylation sites is 1. The molecule has 28 heavy (non-hydrogen) atoms. The predicted octanol–water partition coefficient (Wildman–Crippen LogP) is 6.10. The quantitative estimate of drug-likeness (QED) is 0.298. The molecule has 0 unspecified atom stereocenters. The second-order valence-corrected chi connectivity index (χ2v) is 6.27. The third-order valence-electron chi connectivity index (χ3n) is 3.96. The van der Waals surface area contributed by atoms with Crippen LogP contribution >= 0.6 is 0 Å². The third-order valence-corrected chi connectivity index (χ3v) is 3.96. The fraction of sp³-hybridized carbons (Fsp3) is 0.125. The molecule has 3 aromatic carbocycles. The van der Waals surface area contributed by atoms with Gasteiger partial charge < -0.3 is 14.2 Å². The molecule has 0 aliphatic rings. The maximum Gasteiger partial charge on any atom is 0.225 e. The zero-order chi connectivity index (χ0) is 19.8. The van der Waals surface area contributed by atoms with Crippen LogP contribution in [-0.4, -0.2) is 13.0 Å². The van der Waals surface area contributed by atoms with Gasteiger partial charge in [0.15, 0.2) is 0 Å². The first kappa shape index (κ1) is 19.2. The Morgan fingerprint density at radius 2 is 1.54 bits per heavy atom. The second-order valence-electron chi connectivity index (χ2n) is 6.27. The van der Waals surface area contributed by atoms with Gasteiger partial charge in [0.2, 0.25) is 5.90 Å². The molecule has 0 bridgehead atoms. The summed E-state index contributed by atoms with van der Waals surface area (Å²) in [5.41, 5.74) is 2.66. The standard InChI is InChI=1S/C24H23NO3/c1-18-8-7-11-23(16-18)27-17-19(2)24(28-22-9-5-4-6-10-22)25-20-12-14-21(26-3)15-13-20/h4-17H,1-3H3/b19-17+,25-24+. The minimum atomic E-state index is 0.462. The number of aryl methyl sites for hydroxylation is 1. The third kappa shape index (κ3) is 5.48. The van der Waals surface area contributed by atoms with E-state index in [1.807, 2.05) is 92.7 Å². The molecule has 3 aromatic rings. The van der Waals surface area contributed by atoms with E-state index in [9.17, 15) is 0 Å². The first-order chi connectivity index (χ1) is 13.6. The van der Waals surface area contributed by atoms with Crippen molar-refractivity contribution in [2.75, 3.05) is 7.11 Å². The molecule has 4 heteroatoms. The molecule has 0 heterocycles. The SMILES string of the molecule is COc1ccc(/N=C(Oc2ccccc2)\C(C)=C\Oc2cccc(C)c2)cc1. The van der Waals surface area contributed by atoms with E-state index in [-0.39, 0.29) is 0 Å². The van der Waals surface area contributed by atoms with Crippen LogP contribution in [0.3, 0.4) is 0 Å². The Balaban J connectivity index is 1.87. The summed E-state index contributed by atoms with van der Waals surface area (Å²) in [7, 11) is 1.64. The Morgan fingerprint density at radius 3 is 2.21 bits per heavy atom. The molecule has 0 saturated carbocycles. The Kier molecular flexibility index (Phi) is 6.47. The lowest BCUT2D eigenvalue weighted by molar-refractivity contribution is 0.415. The summed E-state index contributed by atoms with van der Waals surface area (Å²) >= 11 is 0. The fourth-order valence-electron chi connectivity index (χ4n) is 2.46. The average Bonchev–Trinajstić information content (AvgIpc) is 2.73. The molecule has 4 nitrogen and oxygen atoms in total. The molecule has 0 spiro atoms. The van der Waals surface area contributed by atoms with Gasteiger partial charge in [-0.25, -0.2) is 4.99 Å². The summed E-state index contributed by atoms with van der Waals surface area (Å²) in [6, 6.07) is 24.9. The Hall–Kier alpha value is -3.53. The monoisotopic (exact) mass is 373 g/mol. The number of ether oxygens (including phenoxy) is 3. The number of benzene rings is 3. The van der Waals surface area contributed by atoms with Crippen molar-refractivity contribution in [2.45, 2.75) is 13.8 Å². The molecule has 0 fully saturated rings. The summed E-state index contributed by atoms with van der Waals surface area (Å²) < 4.78 is 17.0. The number of hydrogen-bond donors (Lipinski definition) is 0. The van der Waals surface area contributed by atoms with Gasteiger partial charge in [0.05, 0.1) is 19.1 Å². The first-order valence-corrected chi connectivity index (χ1v) is 9.00. The van der Waals surface area contributed by atoms with Crippen LogP contribution in [0.25, 0.3) is 0 Å². The minimum Gasteiger partial charge on any atom is -0.497 e. The van der Waals surface area contributed by atoms with Crippen LogP contribution in [0.2, 0.25) is 0 Å². The van der Waals surface area contributed by atoms with E-state index in [1.54, 1.807) is 13.4 Å². The van der Waals surface area contributed by atoms with Crippen LogP contribution in [0.4, 0.5) is 5.69 Å². The van der Waals surface area contributed by atoms with Crippen LogP contribution in [0, 0.1) is 6.92 Å². The van der Waals surface area contributed by atoms with Gasteiger partial charge in [0, 0.05) is 5.57 Å². The molecule has 0 atom stereocenters. The van der Waals surface area contributed by atoms with Crippen molar-refractivity contribution in [3.63, 3.8) is 0 Å². The molecule has 0 saturated heterocycles. The van der Waals surface area contributed by atoms with Crippen LogP contribution in [0.5, 0.6) is 17.2 Å². The van der Waals surface area contributed by atoms with Gasteiger partial charge in [-0.2, -0.15) is 0 Å².